The molecule has 4 rings (SSSR count). The molecule has 0 saturated heterocycles. The second-order valence-electron chi connectivity index (χ2n) is 6.71. The van der Waals surface area contributed by atoms with Crippen LogP contribution in [0.5, 0.6) is 5.75 Å². The third-order valence-electron chi connectivity index (χ3n) is 4.44. The second kappa shape index (κ2) is 9.33. The number of benzene rings is 3. The molecule has 3 aromatic rings. The summed E-state index contributed by atoms with van der Waals surface area (Å²) in [6.07, 6.45) is 3.22. The molecule has 1 aliphatic heterocycles. The van der Waals surface area contributed by atoms with Crippen LogP contribution in [0, 0.1) is 0 Å². The van der Waals surface area contributed by atoms with Gasteiger partial charge in [-0.25, -0.2) is 0 Å². The first-order chi connectivity index (χ1) is 14.7. The molecule has 6 heteroatoms. The minimum Gasteiger partial charge on any atom is -0.489 e. The van der Waals surface area contributed by atoms with E-state index in [1.807, 2.05) is 66.7 Å². The summed E-state index contributed by atoms with van der Waals surface area (Å²) < 4.78 is 5.77. The quantitative estimate of drug-likeness (QED) is 0.557. The van der Waals surface area contributed by atoms with E-state index in [-0.39, 0.29) is 11.8 Å². The van der Waals surface area contributed by atoms with Crippen LogP contribution >= 0.6 is 11.8 Å². The molecule has 0 radical (unpaired) electrons. The molecule has 0 bridgehead atoms. The zero-order valence-corrected chi connectivity index (χ0v) is 16.9. The van der Waals surface area contributed by atoms with E-state index in [0.717, 1.165) is 27.5 Å². The summed E-state index contributed by atoms with van der Waals surface area (Å²) in [6.45, 7) is 0.512. The van der Waals surface area contributed by atoms with Crippen molar-refractivity contribution in [3.8, 4) is 5.75 Å². The van der Waals surface area contributed by atoms with Gasteiger partial charge in [-0.1, -0.05) is 42.5 Å². The molecule has 5 nitrogen and oxygen atoms in total. The molecule has 0 fully saturated rings. The van der Waals surface area contributed by atoms with Gasteiger partial charge in [-0.3, -0.25) is 9.59 Å². The van der Waals surface area contributed by atoms with Crippen LogP contribution in [0.4, 0.5) is 11.4 Å². The van der Waals surface area contributed by atoms with Gasteiger partial charge in [0.05, 0.1) is 11.4 Å². The summed E-state index contributed by atoms with van der Waals surface area (Å²) in [4.78, 5) is 24.7. The second-order valence-corrected chi connectivity index (χ2v) is 7.73. The van der Waals surface area contributed by atoms with E-state index in [2.05, 4.69) is 10.6 Å². The Balaban J connectivity index is 1.31. The number of carbonyl (C=O) groups excluding carboxylic acids is 2. The van der Waals surface area contributed by atoms with Gasteiger partial charge in [0.2, 0.25) is 11.8 Å². The molecule has 2 N–H and O–H groups in total. The number of thioether (sulfide) groups is 1. The lowest BCUT2D eigenvalue weighted by Gasteiger charge is -2.17. The van der Waals surface area contributed by atoms with E-state index in [9.17, 15) is 9.59 Å². The molecule has 2 amide bonds. The topological polar surface area (TPSA) is 67.4 Å². The molecule has 30 heavy (non-hydrogen) atoms. The Labute approximate surface area is 179 Å². The van der Waals surface area contributed by atoms with Crippen molar-refractivity contribution in [3.05, 3.63) is 90.0 Å². The maximum atomic E-state index is 12.2. The first-order valence-corrected chi connectivity index (χ1v) is 10.5. The molecule has 1 aliphatic rings. The Morgan fingerprint density at radius 3 is 2.67 bits per heavy atom. The van der Waals surface area contributed by atoms with Crippen molar-refractivity contribution in [1.82, 2.24) is 0 Å². The molecule has 0 saturated carbocycles. The highest BCUT2D eigenvalue weighted by Gasteiger charge is 2.15. The van der Waals surface area contributed by atoms with Crippen molar-refractivity contribution >= 4 is 41.0 Å². The van der Waals surface area contributed by atoms with Crippen molar-refractivity contribution in [2.75, 3.05) is 16.4 Å². The van der Waals surface area contributed by atoms with Crippen molar-refractivity contribution in [2.45, 2.75) is 11.5 Å². The summed E-state index contributed by atoms with van der Waals surface area (Å²) in [5, 5.41) is 5.63. The molecule has 0 atom stereocenters. The summed E-state index contributed by atoms with van der Waals surface area (Å²) >= 11 is 1.49. The summed E-state index contributed by atoms with van der Waals surface area (Å²) in [6, 6.07) is 23.0. The van der Waals surface area contributed by atoms with E-state index in [4.69, 9.17) is 4.74 Å². The van der Waals surface area contributed by atoms with Crippen LogP contribution in [0.15, 0.2) is 83.8 Å². The van der Waals surface area contributed by atoms with Crippen molar-refractivity contribution in [3.63, 3.8) is 0 Å². The monoisotopic (exact) mass is 416 g/mol. The Kier molecular flexibility index (Phi) is 6.15. The van der Waals surface area contributed by atoms with Crippen LogP contribution in [-0.4, -0.2) is 17.6 Å². The Morgan fingerprint density at radius 2 is 1.87 bits per heavy atom. The highest BCUT2D eigenvalue weighted by molar-refractivity contribution is 8.00. The van der Waals surface area contributed by atoms with Gasteiger partial charge < -0.3 is 15.4 Å². The average molecular weight is 417 g/mol. The van der Waals surface area contributed by atoms with Crippen LogP contribution in [0.2, 0.25) is 0 Å². The van der Waals surface area contributed by atoms with Gasteiger partial charge in [0.25, 0.3) is 0 Å². The van der Waals surface area contributed by atoms with E-state index >= 15 is 0 Å². The molecule has 150 valence electrons. The van der Waals surface area contributed by atoms with E-state index in [1.54, 1.807) is 12.1 Å². The average Bonchev–Trinajstić information content (AvgIpc) is 2.77. The third-order valence-corrected chi connectivity index (χ3v) is 5.51. The van der Waals surface area contributed by atoms with Crippen LogP contribution < -0.4 is 15.4 Å². The van der Waals surface area contributed by atoms with Crippen LogP contribution in [0.25, 0.3) is 6.08 Å². The Hall–Kier alpha value is -3.51. The number of anilines is 2. The number of hydrogen-bond donors (Lipinski definition) is 2. The van der Waals surface area contributed by atoms with Crippen molar-refractivity contribution in [2.24, 2.45) is 0 Å². The maximum Gasteiger partial charge on any atom is 0.248 e. The molecule has 0 unspecified atom stereocenters. The molecule has 0 spiro atoms. The van der Waals surface area contributed by atoms with E-state index in [1.165, 1.54) is 17.8 Å². The first-order valence-electron chi connectivity index (χ1n) is 9.48. The van der Waals surface area contributed by atoms with Gasteiger partial charge in [-0.2, -0.15) is 0 Å². The summed E-state index contributed by atoms with van der Waals surface area (Å²) in [5.41, 5.74) is 3.37. The number of ether oxygens (including phenoxy) is 1. The van der Waals surface area contributed by atoms with Crippen LogP contribution in [-0.2, 0) is 16.2 Å². The minimum absolute atomic E-state index is 0.0351. The predicted molar refractivity (Wildman–Crippen MR) is 121 cm³/mol. The SMILES string of the molecule is O=C(C=Cc1ccc(OCc2ccccc2)cc1)Nc1ccc2c(c1)NC(=O)CS2. The molecule has 0 aromatic heterocycles. The number of nitrogens with one attached hydrogen (secondary N) is 2. The smallest absolute Gasteiger partial charge is 0.248 e. The fourth-order valence-electron chi connectivity index (χ4n) is 2.93. The van der Waals surface area contributed by atoms with E-state index in [0.29, 0.717) is 18.0 Å². The lowest BCUT2D eigenvalue weighted by Crippen LogP contribution is -2.19. The van der Waals surface area contributed by atoms with Gasteiger partial charge in [-0.05, 0) is 47.5 Å². The summed E-state index contributed by atoms with van der Waals surface area (Å²) in [7, 11) is 0. The predicted octanol–water partition coefficient (Wildman–Crippen LogP) is 4.96. The normalized spacial score (nSPS) is 12.9. The van der Waals surface area contributed by atoms with Gasteiger partial charge in [0.15, 0.2) is 0 Å². The highest BCUT2D eigenvalue weighted by Crippen LogP contribution is 2.33. The Bertz CT molecular complexity index is 1080. The maximum absolute atomic E-state index is 12.2. The zero-order valence-electron chi connectivity index (χ0n) is 16.1. The van der Waals surface area contributed by atoms with Gasteiger partial charge in [0.1, 0.15) is 12.4 Å². The lowest BCUT2D eigenvalue weighted by molar-refractivity contribution is -0.114. The lowest BCUT2D eigenvalue weighted by atomic mass is 10.2. The molecular formula is C24H20N2O3S. The standard InChI is InChI=1S/C24H20N2O3S/c27-23(25-19-9-12-22-21(14-19)26-24(28)16-30-22)13-8-17-6-10-20(11-7-17)29-15-18-4-2-1-3-5-18/h1-14H,15-16H2,(H,25,27)(H,26,28). The Morgan fingerprint density at radius 1 is 1.07 bits per heavy atom. The molecular weight excluding hydrogens is 396 g/mol. The highest BCUT2D eigenvalue weighted by atomic mass is 32.2. The van der Waals surface area contributed by atoms with Crippen molar-refractivity contribution in [1.29, 1.82) is 0 Å². The molecule has 0 aliphatic carbocycles. The van der Waals surface area contributed by atoms with Crippen LogP contribution in [0.3, 0.4) is 0 Å². The molecule has 1 heterocycles. The van der Waals surface area contributed by atoms with Gasteiger partial charge in [0, 0.05) is 16.7 Å². The number of amides is 2. The largest absolute Gasteiger partial charge is 0.489 e. The zero-order chi connectivity index (χ0) is 20.8. The first kappa shape index (κ1) is 19.8. The van der Waals surface area contributed by atoms with Crippen molar-refractivity contribution < 1.29 is 14.3 Å². The minimum atomic E-state index is -0.242. The number of carbonyl (C=O) groups is 2. The number of rotatable bonds is 6. The third kappa shape index (κ3) is 5.30. The number of hydrogen-bond acceptors (Lipinski definition) is 4. The van der Waals surface area contributed by atoms with Gasteiger partial charge >= 0.3 is 0 Å². The fourth-order valence-corrected chi connectivity index (χ4v) is 3.72. The number of fused-ring (bicyclic) bond motifs is 1. The molecule has 3 aromatic carbocycles. The summed E-state index contributed by atoms with van der Waals surface area (Å²) in [5.74, 6) is 0.910. The van der Waals surface area contributed by atoms with Gasteiger partial charge in [-0.15, -0.1) is 11.8 Å². The van der Waals surface area contributed by atoms with E-state index < -0.39 is 0 Å². The van der Waals surface area contributed by atoms with Crippen LogP contribution in [0.1, 0.15) is 11.1 Å². The fraction of sp³-hybridized carbons (Fsp3) is 0.0833.